The van der Waals surface area contributed by atoms with Crippen LogP contribution in [0.2, 0.25) is 0 Å². The summed E-state index contributed by atoms with van der Waals surface area (Å²) in [5.74, 6) is 0.631. The zero-order valence-corrected chi connectivity index (χ0v) is 12.7. The van der Waals surface area contributed by atoms with Gasteiger partial charge in [0.25, 0.3) is 0 Å². The third kappa shape index (κ3) is 8.58. The van der Waals surface area contributed by atoms with Gasteiger partial charge in [-0.2, -0.15) is 0 Å². The fourth-order valence-corrected chi connectivity index (χ4v) is 1.84. The molecule has 0 aliphatic rings. The van der Waals surface area contributed by atoms with E-state index < -0.39 is 5.60 Å². The lowest BCUT2D eigenvalue weighted by Crippen LogP contribution is -2.51. The van der Waals surface area contributed by atoms with Crippen LogP contribution in [0.3, 0.4) is 0 Å². The van der Waals surface area contributed by atoms with Crippen molar-refractivity contribution in [1.29, 1.82) is 0 Å². The van der Waals surface area contributed by atoms with Crippen molar-refractivity contribution in [2.45, 2.75) is 66.2 Å². The summed E-state index contributed by atoms with van der Waals surface area (Å²) in [6.45, 7) is 17.3. The van der Waals surface area contributed by atoms with E-state index in [1.54, 1.807) is 0 Å². The van der Waals surface area contributed by atoms with Gasteiger partial charge in [-0.25, -0.2) is 0 Å². The Hall–Kier alpha value is -0.120. The molecule has 0 spiro atoms. The predicted molar refractivity (Wildman–Crippen MR) is 75.3 cm³/mol. The molecule has 0 amide bonds. The Bertz CT molecular complexity index is 200. The SMILES string of the molecule is CC(C)CN(CC(C)(O)CNC(C)C)C(C)C. The summed E-state index contributed by atoms with van der Waals surface area (Å²) in [5.41, 5.74) is -0.663. The van der Waals surface area contributed by atoms with Crippen LogP contribution in [0, 0.1) is 5.92 Å². The number of rotatable bonds is 8. The van der Waals surface area contributed by atoms with Gasteiger partial charge in [0.15, 0.2) is 0 Å². The number of nitrogens with one attached hydrogen (secondary N) is 1. The minimum absolute atomic E-state index is 0.416. The Morgan fingerprint density at radius 3 is 2.00 bits per heavy atom. The topological polar surface area (TPSA) is 35.5 Å². The minimum atomic E-state index is -0.663. The van der Waals surface area contributed by atoms with Gasteiger partial charge in [-0.05, 0) is 26.7 Å². The van der Waals surface area contributed by atoms with Gasteiger partial charge in [0, 0.05) is 31.7 Å². The summed E-state index contributed by atoms with van der Waals surface area (Å²) in [5, 5.41) is 13.7. The Labute approximate surface area is 108 Å². The molecule has 0 aromatic carbocycles. The van der Waals surface area contributed by atoms with Crippen molar-refractivity contribution >= 4 is 0 Å². The molecule has 0 aromatic heterocycles. The molecule has 3 heteroatoms. The molecule has 0 saturated carbocycles. The largest absolute Gasteiger partial charge is 0.388 e. The van der Waals surface area contributed by atoms with Crippen LogP contribution >= 0.6 is 0 Å². The smallest absolute Gasteiger partial charge is 0.0869 e. The predicted octanol–water partition coefficient (Wildman–Crippen LogP) is 2.10. The third-order valence-corrected chi connectivity index (χ3v) is 2.76. The maximum Gasteiger partial charge on any atom is 0.0869 e. The molecule has 0 radical (unpaired) electrons. The van der Waals surface area contributed by atoms with Gasteiger partial charge in [0.05, 0.1) is 5.60 Å². The molecule has 2 N–H and O–H groups in total. The Morgan fingerprint density at radius 1 is 1.12 bits per heavy atom. The summed E-state index contributed by atoms with van der Waals surface area (Å²) in [4.78, 5) is 2.35. The highest BCUT2D eigenvalue weighted by Gasteiger charge is 2.25. The van der Waals surface area contributed by atoms with Crippen molar-refractivity contribution in [2.75, 3.05) is 19.6 Å². The van der Waals surface area contributed by atoms with Gasteiger partial charge in [-0.15, -0.1) is 0 Å². The fourth-order valence-electron chi connectivity index (χ4n) is 1.84. The molecule has 0 saturated heterocycles. The summed E-state index contributed by atoms with van der Waals surface area (Å²) in [7, 11) is 0. The van der Waals surface area contributed by atoms with Crippen molar-refractivity contribution in [3.05, 3.63) is 0 Å². The van der Waals surface area contributed by atoms with E-state index in [1.807, 2.05) is 6.92 Å². The standard InChI is InChI=1S/C14H32N2O/c1-11(2)8-16(13(5)6)10-14(7,17)9-15-12(3)4/h11-13,15,17H,8-10H2,1-7H3. The molecule has 3 nitrogen and oxygen atoms in total. The van der Waals surface area contributed by atoms with E-state index in [0.29, 0.717) is 24.5 Å². The van der Waals surface area contributed by atoms with Crippen LogP contribution in [0.25, 0.3) is 0 Å². The van der Waals surface area contributed by atoms with Gasteiger partial charge in [0.2, 0.25) is 0 Å². The van der Waals surface area contributed by atoms with Gasteiger partial charge in [-0.3, -0.25) is 4.90 Å². The molecule has 0 rings (SSSR count). The number of nitrogens with zero attached hydrogens (tertiary/aromatic N) is 1. The van der Waals surface area contributed by atoms with Crippen molar-refractivity contribution in [2.24, 2.45) is 5.92 Å². The number of aliphatic hydroxyl groups is 1. The molecule has 104 valence electrons. The van der Waals surface area contributed by atoms with Crippen LogP contribution in [-0.4, -0.2) is 47.3 Å². The first-order valence-corrected chi connectivity index (χ1v) is 6.84. The van der Waals surface area contributed by atoms with E-state index in [1.165, 1.54) is 0 Å². The van der Waals surface area contributed by atoms with Gasteiger partial charge >= 0.3 is 0 Å². The van der Waals surface area contributed by atoms with Crippen LogP contribution in [-0.2, 0) is 0 Å². The second-order valence-corrected chi connectivity index (χ2v) is 6.45. The molecule has 0 aliphatic heterocycles. The van der Waals surface area contributed by atoms with E-state index in [4.69, 9.17) is 0 Å². The first kappa shape index (κ1) is 16.9. The first-order chi connectivity index (χ1) is 7.64. The normalized spacial score (nSPS) is 16.2. The highest BCUT2D eigenvalue weighted by atomic mass is 16.3. The van der Waals surface area contributed by atoms with Crippen LogP contribution in [0.15, 0.2) is 0 Å². The zero-order valence-electron chi connectivity index (χ0n) is 12.7. The number of hydrogen-bond acceptors (Lipinski definition) is 3. The Balaban J connectivity index is 4.30. The van der Waals surface area contributed by atoms with Crippen LogP contribution < -0.4 is 5.32 Å². The van der Waals surface area contributed by atoms with Gasteiger partial charge < -0.3 is 10.4 Å². The average molecular weight is 244 g/mol. The lowest BCUT2D eigenvalue weighted by molar-refractivity contribution is 0.00593. The zero-order chi connectivity index (χ0) is 13.6. The summed E-state index contributed by atoms with van der Waals surface area (Å²) >= 11 is 0. The Kier molecular flexibility index (Phi) is 7.29. The molecule has 1 unspecified atom stereocenters. The van der Waals surface area contributed by atoms with Crippen LogP contribution in [0.5, 0.6) is 0 Å². The molecular formula is C14H32N2O. The van der Waals surface area contributed by atoms with E-state index in [9.17, 15) is 5.11 Å². The van der Waals surface area contributed by atoms with Crippen molar-refractivity contribution < 1.29 is 5.11 Å². The summed E-state index contributed by atoms with van der Waals surface area (Å²) in [6.07, 6.45) is 0. The van der Waals surface area contributed by atoms with E-state index in [2.05, 4.69) is 51.8 Å². The molecule has 0 bridgehead atoms. The Morgan fingerprint density at radius 2 is 1.65 bits per heavy atom. The van der Waals surface area contributed by atoms with Gasteiger partial charge in [0.1, 0.15) is 0 Å². The maximum atomic E-state index is 10.4. The summed E-state index contributed by atoms with van der Waals surface area (Å²) in [6, 6.07) is 0.891. The second-order valence-electron chi connectivity index (χ2n) is 6.45. The van der Waals surface area contributed by atoms with E-state index in [0.717, 1.165) is 13.1 Å². The van der Waals surface area contributed by atoms with Crippen molar-refractivity contribution in [3.8, 4) is 0 Å². The third-order valence-electron chi connectivity index (χ3n) is 2.76. The van der Waals surface area contributed by atoms with Crippen molar-refractivity contribution in [1.82, 2.24) is 10.2 Å². The minimum Gasteiger partial charge on any atom is -0.388 e. The summed E-state index contributed by atoms with van der Waals surface area (Å²) < 4.78 is 0. The van der Waals surface area contributed by atoms with Gasteiger partial charge in [-0.1, -0.05) is 27.7 Å². The lowest BCUT2D eigenvalue weighted by atomic mass is 10.0. The molecule has 17 heavy (non-hydrogen) atoms. The van der Waals surface area contributed by atoms with E-state index >= 15 is 0 Å². The monoisotopic (exact) mass is 244 g/mol. The van der Waals surface area contributed by atoms with Crippen LogP contribution in [0.4, 0.5) is 0 Å². The van der Waals surface area contributed by atoms with E-state index in [-0.39, 0.29) is 0 Å². The fraction of sp³-hybridized carbons (Fsp3) is 1.00. The lowest BCUT2D eigenvalue weighted by Gasteiger charge is -2.35. The molecule has 1 atom stereocenters. The highest BCUT2D eigenvalue weighted by molar-refractivity contribution is 4.82. The molecule has 0 heterocycles. The first-order valence-electron chi connectivity index (χ1n) is 6.84. The molecule has 0 aromatic rings. The average Bonchev–Trinajstić information content (AvgIpc) is 2.12. The van der Waals surface area contributed by atoms with Crippen LogP contribution in [0.1, 0.15) is 48.5 Å². The maximum absolute atomic E-state index is 10.4. The molecular weight excluding hydrogens is 212 g/mol. The second kappa shape index (κ2) is 7.34. The quantitative estimate of drug-likeness (QED) is 0.686. The number of hydrogen-bond donors (Lipinski definition) is 2. The molecule has 0 aliphatic carbocycles. The molecule has 0 fully saturated rings. The van der Waals surface area contributed by atoms with Crippen molar-refractivity contribution in [3.63, 3.8) is 0 Å². The highest BCUT2D eigenvalue weighted by Crippen LogP contribution is 2.11.